The lowest BCUT2D eigenvalue weighted by Crippen LogP contribution is -2.59. The van der Waals surface area contributed by atoms with Crippen molar-refractivity contribution in [3.63, 3.8) is 0 Å². The SMILES string of the molecule is Cc1ccc(Nc2c(-c3ccc(F)cc3)nc3n2CCN(C(=O)[C@H](Cc2cccc(N)c2)N(C(=O)O)C(C)(C)C)C3)cc1. The number of aromatic nitrogens is 2. The highest BCUT2D eigenvalue weighted by Gasteiger charge is 2.40. The molecular formula is C33H37FN6O3. The summed E-state index contributed by atoms with van der Waals surface area (Å²) in [4.78, 5) is 34.6. The third kappa shape index (κ3) is 6.48. The molecule has 0 saturated heterocycles. The van der Waals surface area contributed by atoms with E-state index in [1.165, 1.54) is 17.0 Å². The van der Waals surface area contributed by atoms with Crippen LogP contribution in [0.25, 0.3) is 11.3 Å². The number of carbonyl (C=O) groups excluding carboxylic acids is 1. The highest BCUT2D eigenvalue weighted by atomic mass is 19.1. The lowest BCUT2D eigenvalue weighted by molar-refractivity contribution is -0.139. The Bertz CT molecular complexity index is 1630. The van der Waals surface area contributed by atoms with Crippen molar-refractivity contribution in [1.82, 2.24) is 19.4 Å². The topological polar surface area (TPSA) is 117 Å². The number of fused-ring (bicyclic) bond motifs is 1. The van der Waals surface area contributed by atoms with E-state index in [4.69, 9.17) is 10.7 Å². The molecule has 2 amide bonds. The predicted octanol–water partition coefficient (Wildman–Crippen LogP) is 6.06. The summed E-state index contributed by atoms with van der Waals surface area (Å²) in [6, 6.07) is 20.3. The van der Waals surface area contributed by atoms with Gasteiger partial charge >= 0.3 is 6.09 Å². The first kappa shape index (κ1) is 29.6. The van der Waals surface area contributed by atoms with Crippen molar-refractivity contribution in [2.75, 3.05) is 17.6 Å². The van der Waals surface area contributed by atoms with Crippen LogP contribution in [-0.4, -0.2) is 54.6 Å². The maximum Gasteiger partial charge on any atom is 0.408 e. The second kappa shape index (κ2) is 11.8. The molecule has 1 aliphatic heterocycles. The molecule has 1 aromatic heterocycles. The van der Waals surface area contributed by atoms with Crippen LogP contribution in [0.2, 0.25) is 0 Å². The van der Waals surface area contributed by atoms with E-state index in [1.54, 1.807) is 56.0 Å². The van der Waals surface area contributed by atoms with Crippen LogP contribution in [-0.2, 0) is 24.3 Å². The van der Waals surface area contributed by atoms with Crippen LogP contribution in [0.5, 0.6) is 0 Å². The molecule has 0 spiro atoms. The molecule has 3 aromatic carbocycles. The Labute approximate surface area is 250 Å². The number of hydrogen-bond donors (Lipinski definition) is 3. The summed E-state index contributed by atoms with van der Waals surface area (Å²) in [7, 11) is 0. The molecule has 1 atom stereocenters. The number of nitrogens with two attached hydrogens (primary N) is 1. The van der Waals surface area contributed by atoms with E-state index in [9.17, 15) is 19.1 Å². The van der Waals surface area contributed by atoms with Gasteiger partial charge in [-0.25, -0.2) is 14.2 Å². The average Bonchev–Trinajstić information content (AvgIpc) is 3.30. The fourth-order valence-corrected chi connectivity index (χ4v) is 5.56. The number of hydrogen-bond acceptors (Lipinski definition) is 5. The smallest absolute Gasteiger partial charge is 0.408 e. The van der Waals surface area contributed by atoms with Crippen molar-refractivity contribution in [2.24, 2.45) is 0 Å². The van der Waals surface area contributed by atoms with Gasteiger partial charge in [-0.05, 0) is 81.8 Å². The number of carboxylic acid groups (broad SMARTS) is 1. The van der Waals surface area contributed by atoms with E-state index in [1.807, 2.05) is 41.8 Å². The molecule has 0 radical (unpaired) electrons. The minimum Gasteiger partial charge on any atom is -0.465 e. The van der Waals surface area contributed by atoms with Gasteiger partial charge in [-0.1, -0.05) is 29.8 Å². The van der Waals surface area contributed by atoms with E-state index < -0.39 is 17.7 Å². The van der Waals surface area contributed by atoms with Gasteiger partial charge in [-0.2, -0.15) is 0 Å². The molecule has 5 rings (SSSR count). The summed E-state index contributed by atoms with van der Waals surface area (Å²) >= 11 is 0. The van der Waals surface area contributed by atoms with E-state index in [0.717, 1.165) is 28.2 Å². The zero-order valence-electron chi connectivity index (χ0n) is 24.8. The van der Waals surface area contributed by atoms with Crippen molar-refractivity contribution in [3.8, 4) is 11.3 Å². The molecule has 4 N–H and O–H groups in total. The van der Waals surface area contributed by atoms with E-state index >= 15 is 0 Å². The third-order valence-electron chi connectivity index (χ3n) is 7.62. The number of nitrogens with one attached hydrogen (secondary N) is 1. The van der Waals surface area contributed by atoms with Gasteiger partial charge in [0.05, 0.1) is 6.54 Å². The van der Waals surface area contributed by atoms with Crippen LogP contribution < -0.4 is 11.1 Å². The first-order valence-electron chi connectivity index (χ1n) is 14.2. The van der Waals surface area contributed by atoms with Crippen LogP contribution >= 0.6 is 0 Å². The molecule has 43 heavy (non-hydrogen) atoms. The first-order valence-corrected chi connectivity index (χ1v) is 14.2. The fourth-order valence-electron chi connectivity index (χ4n) is 5.56. The van der Waals surface area contributed by atoms with Gasteiger partial charge in [0.15, 0.2) is 0 Å². The van der Waals surface area contributed by atoms with Crippen molar-refractivity contribution < 1.29 is 19.1 Å². The Hall–Kier alpha value is -4.86. The Balaban J connectivity index is 1.50. The number of amides is 2. The molecule has 0 aliphatic carbocycles. The first-order chi connectivity index (χ1) is 20.4. The van der Waals surface area contributed by atoms with Crippen LogP contribution in [0.15, 0.2) is 72.8 Å². The fraction of sp³-hybridized carbons (Fsp3) is 0.303. The van der Waals surface area contributed by atoms with Crippen molar-refractivity contribution in [2.45, 2.75) is 58.8 Å². The number of nitrogens with zero attached hydrogens (tertiary/aromatic N) is 4. The average molecular weight is 585 g/mol. The van der Waals surface area contributed by atoms with Crippen molar-refractivity contribution in [1.29, 1.82) is 0 Å². The zero-order valence-corrected chi connectivity index (χ0v) is 24.8. The monoisotopic (exact) mass is 584 g/mol. The lowest BCUT2D eigenvalue weighted by Gasteiger charge is -2.41. The third-order valence-corrected chi connectivity index (χ3v) is 7.62. The molecule has 0 saturated carbocycles. The Morgan fingerprint density at radius 1 is 1.07 bits per heavy atom. The van der Waals surface area contributed by atoms with E-state index in [2.05, 4.69) is 5.32 Å². The second-order valence-electron chi connectivity index (χ2n) is 11.9. The molecule has 0 fully saturated rings. The van der Waals surface area contributed by atoms with Gasteiger partial charge in [0.2, 0.25) is 5.91 Å². The summed E-state index contributed by atoms with van der Waals surface area (Å²) in [5, 5.41) is 13.7. The van der Waals surface area contributed by atoms with Gasteiger partial charge in [-0.3, -0.25) is 9.69 Å². The molecule has 9 nitrogen and oxygen atoms in total. The lowest BCUT2D eigenvalue weighted by atomic mass is 9.97. The van der Waals surface area contributed by atoms with Crippen LogP contribution in [0.4, 0.5) is 26.4 Å². The molecule has 10 heteroatoms. The van der Waals surface area contributed by atoms with E-state index in [-0.39, 0.29) is 24.7 Å². The number of aryl methyl sites for hydroxylation is 1. The Morgan fingerprint density at radius 2 is 1.77 bits per heavy atom. The van der Waals surface area contributed by atoms with Gasteiger partial charge in [-0.15, -0.1) is 0 Å². The number of rotatable bonds is 7. The quantitative estimate of drug-likeness (QED) is 0.228. The Kier molecular flexibility index (Phi) is 8.12. The van der Waals surface area contributed by atoms with Crippen molar-refractivity contribution >= 4 is 29.2 Å². The number of halogens is 1. The zero-order chi connectivity index (χ0) is 30.9. The molecule has 0 unspecified atom stereocenters. The van der Waals surface area contributed by atoms with Gasteiger partial charge in [0, 0.05) is 42.0 Å². The molecule has 2 heterocycles. The standard InChI is InChI=1S/C33H37FN6O3/c1-21-8-14-26(15-9-21)36-30-29(23-10-12-24(34)13-11-23)37-28-20-38(16-17-39(28)30)31(41)27(40(32(42)43)33(2,3)4)19-22-6-5-7-25(35)18-22/h5-15,18,27,36H,16-17,19-20,35H2,1-4H3,(H,42,43)/t27-/m0/s1. The molecule has 0 bridgehead atoms. The number of imidazole rings is 1. The van der Waals surface area contributed by atoms with Gasteiger partial charge in [0.1, 0.15) is 29.2 Å². The van der Waals surface area contributed by atoms with Crippen LogP contribution in [0, 0.1) is 12.7 Å². The second-order valence-corrected chi connectivity index (χ2v) is 11.9. The number of anilines is 3. The highest BCUT2D eigenvalue weighted by molar-refractivity contribution is 5.86. The summed E-state index contributed by atoms with van der Waals surface area (Å²) in [6.07, 6.45) is -0.990. The molecule has 4 aromatic rings. The van der Waals surface area contributed by atoms with Crippen LogP contribution in [0.3, 0.4) is 0 Å². The van der Waals surface area contributed by atoms with Crippen molar-refractivity contribution in [3.05, 3.63) is 95.6 Å². The number of carbonyl (C=O) groups is 2. The maximum atomic E-state index is 14.2. The molecular weight excluding hydrogens is 547 g/mol. The summed E-state index contributed by atoms with van der Waals surface area (Å²) in [5.74, 6) is 0.751. The molecule has 224 valence electrons. The normalized spacial score (nSPS) is 13.7. The van der Waals surface area contributed by atoms with Crippen LogP contribution in [0.1, 0.15) is 37.7 Å². The summed E-state index contributed by atoms with van der Waals surface area (Å²) in [6.45, 7) is 8.35. The maximum absolute atomic E-state index is 14.2. The van der Waals surface area contributed by atoms with Gasteiger partial charge < -0.3 is 25.6 Å². The largest absolute Gasteiger partial charge is 0.465 e. The van der Waals surface area contributed by atoms with Gasteiger partial charge in [0.25, 0.3) is 0 Å². The minimum atomic E-state index is -1.17. The molecule has 1 aliphatic rings. The summed E-state index contributed by atoms with van der Waals surface area (Å²) < 4.78 is 15.8. The summed E-state index contributed by atoms with van der Waals surface area (Å²) in [5.41, 5.74) is 9.87. The Morgan fingerprint density at radius 3 is 2.40 bits per heavy atom. The highest BCUT2D eigenvalue weighted by Crippen LogP contribution is 2.34. The van der Waals surface area contributed by atoms with E-state index in [0.29, 0.717) is 30.3 Å². The minimum absolute atomic E-state index is 0.180. The predicted molar refractivity (Wildman–Crippen MR) is 165 cm³/mol. The number of nitrogen functional groups attached to an aromatic ring is 1. The number of benzene rings is 3.